The van der Waals surface area contributed by atoms with E-state index in [0.717, 1.165) is 24.9 Å². The molecule has 1 aliphatic carbocycles. The molecule has 1 saturated carbocycles. The van der Waals surface area contributed by atoms with Crippen molar-refractivity contribution in [2.24, 2.45) is 17.6 Å². The summed E-state index contributed by atoms with van der Waals surface area (Å²) in [6, 6.07) is 0. The van der Waals surface area contributed by atoms with Crippen molar-refractivity contribution >= 4 is 0 Å². The number of hydrogen-bond acceptors (Lipinski definition) is 2. The van der Waals surface area contributed by atoms with Gasteiger partial charge in [-0.3, -0.25) is 0 Å². The van der Waals surface area contributed by atoms with E-state index >= 15 is 0 Å². The maximum atomic E-state index is 5.88. The highest BCUT2D eigenvalue weighted by atomic mass is 15.0. The summed E-state index contributed by atoms with van der Waals surface area (Å²) >= 11 is 0. The summed E-state index contributed by atoms with van der Waals surface area (Å²) in [6.07, 6.45) is 3.93. The van der Waals surface area contributed by atoms with Crippen molar-refractivity contribution in [1.82, 2.24) is 5.32 Å². The van der Waals surface area contributed by atoms with Gasteiger partial charge in [0.25, 0.3) is 0 Å². The van der Waals surface area contributed by atoms with Crippen LogP contribution in [-0.4, -0.2) is 18.6 Å². The molecule has 0 radical (unpaired) electrons. The molecule has 0 aliphatic heterocycles. The highest BCUT2D eigenvalue weighted by molar-refractivity contribution is 4.98. The molecule has 1 aliphatic rings. The lowest BCUT2D eigenvalue weighted by atomic mass is 9.88. The third-order valence-corrected chi connectivity index (χ3v) is 3.43. The van der Waals surface area contributed by atoms with E-state index in [1.165, 1.54) is 19.3 Å². The van der Waals surface area contributed by atoms with Gasteiger partial charge in [-0.1, -0.05) is 27.2 Å². The molecule has 0 spiro atoms. The Kier molecular flexibility index (Phi) is 3.74. The van der Waals surface area contributed by atoms with E-state index in [1.54, 1.807) is 0 Å². The van der Waals surface area contributed by atoms with E-state index in [9.17, 15) is 0 Å². The fourth-order valence-corrected chi connectivity index (χ4v) is 2.29. The number of rotatable bonds is 4. The largest absolute Gasteiger partial charge is 0.329 e. The first-order chi connectivity index (χ1) is 6.10. The summed E-state index contributed by atoms with van der Waals surface area (Å²) in [6.45, 7) is 8.71. The van der Waals surface area contributed by atoms with Crippen LogP contribution in [0.5, 0.6) is 0 Å². The molecule has 0 aromatic heterocycles. The average Bonchev–Trinajstić information content (AvgIpc) is 2.45. The third kappa shape index (κ3) is 2.44. The fourth-order valence-electron chi connectivity index (χ4n) is 2.29. The molecule has 0 amide bonds. The molecule has 0 bridgehead atoms. The van der Waals surface area contributed by atoms with Crippen LogP contribution in [0, 0.1) is 11.8 Å². The van der Waals surface area contributed by atoms with Crippen LogP contribution in [0.25, 0.3) is 0 Å². The van der Waals surface area contributed by atoms with E-state index in [0.29, 0.717) is 0 Å². The Morgan fingerprint density at radius 2 is 2.23 bits per heavy atom. The Morgan fingerprint density at radius 3 is 2.62 bits per heavy atom. The molecule has 0 aromatic rings. The lowest BCUT2D eigenvalue weighted by Gasteiger charge is -2.34. The van der Waals surface area contributed by atoms with Crippen LogP contribution in [-0.2, 0) is 0 Å². The maximum absolute atomic E-state index is 5.88. The monoisotopic (exact) mass is 184 g/mol. The topological polar surface area (TPSA) is 38.0 Å². The van der Waals surface area contributed by atoms with Crippen molar-refractivity contribution in [2.45, 2.75) is 45.6 Å². The summed E-state index contributed by atoms with van der Waals surface area (Å²) in [5.41, 5.74) is 6.14. The van der Waals surface area contributed by atoms with E-state index in [4.69, 9.17) is 5.73 Å². The molecule has 1 fully saturated rings. The van der Waals surface area contributed by atoms with E-state index in [2.05, 4.69) is 26.1 Å². The van der Waals surface area contributed by atoms with Gasteiger partial charge >= 0.3 is 0 Å². The standard InChI is InChI=1S/C11H24N2/c1-9(2)7-13-11(8-12)6-4-5-10(11)3/h9-10,13H,4-8,12H2,1-3H3. The minimum atomic E-state index is 0.254. The van der Waals surface area contributed by atoms with Crippen LogP contribution >= 0.6 is 0 Å². The summed E-state index contributed by atoms with van der Waals surface area (Å²) < 4.78 is 0. The molecule has 2 heteroatoms. The van der Waals surface area contributed by atoms with Crippen molar-refractivity contribution < 1.29 is 0 Å². The second-order valence-corrected chi connectivity index (χ2v) is 4.93. The smallest absolute Gasteiger partial charge is 0.0329 e. The Morgan fingerprint density at radius 1 is 1.54 bits per heavy atom. The van der Waals surface area contributed by atoms with Gasteiger partial charge in [0, 0.05) is 12.1 Å². The van der Waals surface area contributed by atoms with Gasteiger partial charge in [0.1, 0.15) is 0 Å². The zero-order valence-corrected chi connectivity index (χ0v) is 9.27. The Labute approximate surface area is 82.3 Å². The molecule has 0 heterocycles. The lowest BCUT2D eigenvalue weighted by Crippen LogP contribution is -2.54. The zero-order chi connectivity index (χ0) is 9.90. The van der Waals surface area contributed by atoms with Gasteiger partial charge in [-0.05, 0) is 31.2 Å². The molecule has 0 saturated heterocycles. The van der Waals surface area contributed by atoms with Crippen LogP contribution in [0.2, 0.25) is 0 Å². The quantitative estimate of drug-likeness (QED) is 0.698. The Bertz CT molecular complexity index is 156. The first-order valence-corrected chi connectivity index (χ1v) is 5.56. The van der Waals surface area contributed by atoms with Crippen LogP contribution in [0.4, 0.5) is 0 Å². The van der Waals surface area contributed by atoms with E-state index < -0.39 is 0 Å². The van der Waals surface area contributed by atoms with Gasteiger partial charge in [0.15, 0.2) is 0 Å². The first-order valence-electron chi connectivity index (χ1n) is 5.56. The van der Waals surface area contributed by atoms with E-state index in [-0.39, 0.29) is 5.54 Å². The number of nitrogens with two attached hydrogens (primary N) is 1. The molecule has 2 nitrogen and oxygen atoms in total. The van der Waals surface area contributed by atoms with Gasteiger partial charge in [0.05, 0.1) is 0 Å². The van der Waals surface area contributed by atoms with Crippen molar-refractivity contribution in [1.29, 1.82) is 0 Å². The summed E-state index contributed by atoms with van der Waals surface area (Å²) in [5, 5.41) is 3.67. The molecular weight excluding hydrogens is 160 g/mol. The molecule has 1 rings (SSSR count). The Balaban J connectivity index is 2.49. The summed E-state index contributed by atoms with van der Waals surface area (Å²) in [5.74, 6) is 1.47. The molecule has 13 heavy (non-hydrogen) atoms. The molecule has 78 valence electrons. The van der Waals surface area contributed by atoms with Crippen molar-refractivity contribution in [3.8, 4) is 0 Å². The second-order valence-electron chi connectivity index (χ2n) is 4.93. The average molecular weight is 184 g/mol. The normalized spacial score (nSPS) is 34.4. The van der Waals surface area contributed by atoms with Crippen LogP contribution in [0.1, 0.15) is 40.0 Å². The molecule has 0 aromatic carbocycles. The Hall–Kier alpha value is -0.0800. The fraction of sp³-hybridized carbons (Fsp3) is 1.00. The molecule has 3 N–H and O–H groups in total. The van der Waals surface area contributed by atoms with Crippen molar-refractivity contribution in [3.63, 3.8) is 0 Å². The second kappa shape index (κ2) is 4.43. The van der Waals surface area contributed by atoms with Crippen LogP contribution < -0.4 is 11.1 Å². The SMILES string of the molecule is CC(C)CNC1(CN)CCCC1C. The molecule has 2 unspecified atom stereocenters. The van der Waals surface area contributed by atoms with Crippen LogP contribution in [0.3, 0.4) is 0 Å². The van der Waals surface area contributed by atoms with Gasteiger partial charge in [-0.15, -0.1) is 0 Å². The maximum Gasteiger partial charge on any atom is 0.0329 e. The zero-order valence-electron chi connectivity index (χ0n) is 9.27. The van der Waals surface area contributed by atoms with Crippen molar-refractivity contribution in [3.05, 3.63) is 0 Å². The van der Waals surface area contributed by atoms with Gasteiger partial charge < -0.3 is 11.1 Å². The van der Waals surface area contributed by atoms with Gasteiger partial charge in [-0.25, -0.2) is 0 Å². The highest BCUT2D eigenvalue weighted by Crippen LogP contribution is 2.34. The predicted molar refractivity (Wildman–Crippen MR) is 57.6 cm³/mol. The first kappa shape index (κ1) is 11.0. The number of hydrogen-bond donors (Lipinski definition) is 2. The molecular formula is C11H24N2. The summed E-state index contributed by atoms with van der Waals surface area (Å²) in [7, 11) is 0. The summed E-state index contributed by atoms with van der Waals surface area (Å²) in [4.78, 5) is 0. The number of nitrogens with one attached hydrogen (secondary N) is 1. The minimum absolute atomic E-state index is 0.254. The lowest BCUT2D eigenvalue weighted by molar-refractivity contribution is 0.256. The minimum Gasteiger partial charge on any atom is -0.329 e. The third-order valence-electron chi connectivity index (χ3n) is 3.43. The van der Waals surface area contributed by atoms with Crippen molar-refractivity contribution in [2.75, 3.05) is 13.1 Å². The van der Waals surface area contributed by atoms with E-state index in [1.807, 2.05) is 0 Å². The predicted octanol–water partition coefficient (Wildman–Crippen LogP) is 1.75. The van der Waals surface area contributed by atoms with Gasteiger partial charge in [-0.2, -0.15) is 0 Å². The van der Waals surface area contributed by atoms with Crippen LogP contribution in [0.15, 0.2) is 0 Å². The highest BCUT2D eigenvalue weighted by Gasteiger charge is 2.38. The molecule has 2 atom stereocenters. The van der Waals surface area contributed by atoms with Gasteiger partial charge in [0.2, 0.25) is 0 Å².